The Morgan fingerprint density at radius 3 is 2.53 bits per heavy atom. The van der Waals surface area contributed by atoms with Gasteiger partial charge in [-0.2, -0.15) is 0 Å². The molecule has 0 saturated carbocycles. The van der Waals surface area contributed by atoms with Crippen LogP contribution >= 0.6 is 23.2 Å². The Balaban J connectivity index is 2.49. The normalized spacial score (nSPS) is 11.8. The number of hydrogen-bond acceptors (Lipinski definition) is 2. The maximum absolute atomic E-state index is 11.6. The molecule has 0 spiro atoms. The number of carbonyl (C=O) groups excluding carboxylic acids is 2. The molecule has 19 heavy (non-hydrogen) atoms. The van der Waals surface area contributed by atoms with Crippen LogP contribution in [0.4, 0.5) is 0 Å². The molecule has 104 valence electrons. The average Bonchev–Trinajstić information content (AvgIpc) is 2.32. The third-order valence-electron chi connectivity index (χ3n) is 2.55. The van der Waals surface area contributed by atoms with E-state index in [4.69, 9.17) is 23.2 Å². The quantitative estimate of drug-likeness (QED) is 0.878. The Morgan fingerprint density at radius 1 is 1.26 bits per heavy atom. The summed E-state index contributed by atoms with van der Waals surface area (Å²) in [5.74, 6) is -0.280. The lowest BCUT2D eigenvalue weighted by atomic mass is 10.1. The van der Waals surface area contributed by atoms with Crippen molar-refractivity contribution < 1.29 is 9.59 Å². The summed E-state index contributed by atoms with van der Waals surface area (Å²) in [5, 5.41) is 6.33. The Morgan fingerprint density at radius 2 is 1.95 bits per heavy atom. The van der Waals surface area contributed by atoms with Gasteiger partial charge in [-0.1, -0.05) is 29.3 Å². The standard InChI is InChI=1S/C13H16Cl2N2O2/c1-8(10-3-4-11(14)12(15)7-10)17-13(19)5-6-16-9(2)18/h3-4,7-8H,5-6H2,1-2H3,(H,16,18)(H,17,19). The van der Waals surface area contributed by atoms with Gasteiger partial charge >= 0.3 is 0 Å². The Labute approximate surface area is 122 Å². The molecule has 1 aromatic carbocycles. The Hall–Kier alpha value is -1.26. The smallest absolute Gasteiger partial charge is 0.222 e. The van der Waals surface area contributed by atoms with Crippen molar-refractivity contribution in [3.05, 3.63) is 33.8 Å². The van der Waals surface area contributed by atoms with Crippen LogP contribution in [-0.4, -0.2) is 18.4 Å². The predicted molar refractivity (Wildman–Crippen MR) is 76.3 cm³/mol. The first kappa shape index (κ1) is 15.8. The minimum atomic E-state index is -0.167. The van der Waals surface area contributed by atoms with Crippen molar-refractivity contribution in [1.29, 1.82) is 0 Å². The molecule has 0 bridgehead atoms. The van der Waals surface area contributed by atoms with E-state index in [1.807, 2.05) is 13.0 Å². The summed E-state index contributed by atoms with van der Waals surface area (Å²) in [5.41, 5.74) is 0.877. The number of carbonyl (C=O) groups is 2. The lowest BCUT2D eigenvalue weighted by molar-refractivity contribution is -0.122. The summed E-state index contributed by atoms with van der Waals surface area (Å²) in [7, 11) is 0. The van der Waals surface area contributed by atoms with Gasteiger partial charge in [0.15, 0.2) is 0 Å². The molecule has 0 radical (unpaired) electrons. The van der Waals surface area contributed by atoms with Crippen molar-refractivity contribution in [2.45, 2.75) is 26.3 Å². The molecule has 1 aromatic rings. The van der Waals surface area contributed by atoms with Gasteiger partial charge < -0.3 is 10.6 Å². The van der Waals surface area contributed by atoms with Gasteiger partial charge in [0.05, 0.1) is 16.1 Å². The highest BCUT2D eigenvalue weighted by atomic mass is 35.5. The van der Waals surface area contributed by atoms with E-state index >= 15 is 0 Å². The monoisotopic (exact) mass is 302 g/mol. The summed E-state index contributed by atoms with van der Waals surface area (Å²) in [6.45, 7) is 3.60. The van der Waals surface area contributed by atoms with E-state index < -0.39 is 0 Å². The lowest BCUT2D eigenvalue weighted by Crippen LogP contribution is -2.31. The molecular formula is C13H16Cl2N2O2. The summed E-state index contributed by atoms with van der Waals surface area (Å²) in [6, 6.07) is 5.06. The van der Waals surface area contributed by atoms with Crippen molar-refractivity contribution in [3.63, 3.8) is 0 Å². The van der Waals surface area contributed by atoms with Crippen LogP contribution in [0.1, 0.15) is 31.9 Å². The summed E-state index contributed by atoms with van der Waals surface area (Å²) in [6.07, 6.45) is 0.241. The minimum Gasteiger partial charge on any atom is -0.356 e. The first-order chi connectivity index (χ1) is 8.90. The fourth-order valence-electron chi connectivity index (χ4n) is 1.53. The van der Waals surface area contributed by atoms with E-state index in [1.54, 1.807) is 12.1 Å². The van der Waals surface area contributed by atoms with Crippen molar-refractivity contribution in [2.24, 2.45) is 0 Å². The second kappa shape index (κ2) is 7.36. The zero-order valence-electron chi connectivity index (χ0n) is 10.8. The molecule has 1 rings (SSSR count). The Bertz CT molecular complexity index is 478. The van der Waals surface area contributed by atoms with Crippen LogP contribution < -0.4 is 10.6 Å². The molecule has 2 N–H and O–H groups in total. The van der Waals surface area contributed by atoms with Gasteiger partial charge in [-0.05, 0) is 24.6 Å². The van der Waals surface area contributed by atoms with Gasteiger partial charge in [0.25, 0.3) is 0 Å². The molecule has 0 aliphatic rings. The first-order valence-corrected chi connectivity index (χ1v) is 6.64. The zero-order chi connectivity index (χ0) is 14.4. The average molecular weight is 303 g/mol. The van der Waals surface area contributed by atoms with Gasteiger partial charge in [-0.25, -0.2) is 0 Å². The van der Waals surface area contributed by atoms with E-state index in [0.717, 1.165) is 5.56 Å². The summed E-state index contributed by atoms with van der Waals surface area (Å²) in [4.78, 5) is 22.3. The van der Waals surface area contributed by atoms with Crippen molar-refractivity contribution >= 4 is 35.0 Å². The molecule has 1 atom stereocenters. The Kier molecular flexibility index (Phi) is 6.12. The van der Waals surface area contributed by atoms with E-state index in [-0.39, 0.29) is 24.3 Å². The maximum Gasteiger partial charge on any atom is 0.222 e. The van der Waals surface area contributed by atoms with Crippen molar-refractivity contribution in [2.75, 3.05) is 6.54 Å². The van der Waals surface area contributed by atoms with Crippen LogP contribution in [0.2, 0.25) is 10.0 Å². The molecule has 1 unspecified atom stereocenters. The van der Waals surface area contributed by atoms with Gasteiger partial charge in [0.2, 0.25) is 11.8 Å². The molecule has 2 amide bonds. The second-order valence-electron chi connectivity index (χ2n) is 4.20. The van der Waals surface area contributed by atoms with Crippen LogP contribution in [0.25, 0.3) is 0 Å². The number of nitrogens with one attached hydrogen (secondary N) is 2. The highest BCUT2D eigenvalue weighted by molar-refractivity contribution is 6.42. The largest absolute Gasteiger partial charge is 0.356 e. The fourth-order valence-corrected chi connectivity index (χ4v) is 1.84. The third kappa shape index (κ3) is 5.49. The number of halogens is 2. The van der Waals surface area contributed by atoms with Gasteiger partial charge in [-0.15, -0.1) is 0 Å². The predicted octanol–water partition coefficient (Wildman–Crippen LogP) is 2.70. The molecule has 0 aromatic heterocycles. The fraction of sp³-hybridized carbons (Fsp3) is 0.385. The van der Waals surface area contributed by atoms with Crippen LogP contribution in [-0.2, 0) is 9.59 Å². The second-order valence-corrected chi connectivity index (χ2v) is 5.01. The van der Waals surface area contributed by atoms with Crippen LogP contribution in [0.15, 0.2) is 18.2 Å². The minimum absolute atomic E-state index is 0.132. The van der Waals surface area contributed by atoms with Crippen molar-refractivity contribution in [3.8, 4) is 0 Å². The molecule has 6 heteroatoms. The van der Waals surface area contributed by atoms with E-state index in [0.29, 0.717) is 16.6 Å². The topological polar surface area (TPSA) is 58.2 Å². The molecule has 0 aliphatic carbocycles. The summed E-state index contributed by atoms with van der Waals surface area (Å²) < 4.78 is 0. The SMILES string of the molecule is CC(=O)NCCC(=O)NC(C)c1ccc(Cl)c(Cl)c1. The molecule has 0 heterocycles. The molecule has 4 nitrogen and oxygen atoms in total. The lowest BCUT2D eigenvalue weighted by Gasteiger charge is -2.15. The molecular weight excluding hydrogens is 287 g/mol. The number of benzene rings is 1. The van der Waals surface area contributed by atoms with Crippen LogP contribution in [0.5, 0.6) is 0 Å². The van der Waals surface area contributed by atoms with E-state index in [9.17, 15) is 9.59 Å². The number of hydrogen-bond donors (Lipinski definition) is 2. The van der Waals surface area contributed by atoms with Crippen LogP contribution in [0.3, 0.4) is 0 Å². The van der Waals surface area contributed by atoms with E-state index in [2.05, 4.69) is 10.6 Å². The molecule has 0 fully saturated rings. The van der Waals surface area contributed by atoms with Gasteiger partial charge in [0.1, 0.15) is 0 Å². The number of rotatable bonds is 5. The van der Waals surface area contributed by atoms with Crippen molar-refractivity contribution in [1.82, 2.24) is 10.6 Å². The number of amides is 2. The molecule has 0 saturated heterocycles. The van der Waals surface area contributed by atoms with Gasteiger partial charge in [0, 0.05) is 19.9 Å². The highest BCUT2D eigenvalue weighted by Crippen LogP contribution is 2.25. The van der Waals surface area contributed by atoms with E-state index in [1.165, 1.54) is 6.92 Å². The molecule has 0 aliphatic heterocycles. The van der Waals surface area contributed by atoms with Gasteiger partial charge in [-0.3, -0.25) is 9.59 Å². The zero-order valence-corrected chi connectivity index (χ0v) is 12.3. The maximum atomic E-state index is 11.6. The van der Waals surface area contributed by atoms with Crippen LogP contribution in [0, 0.1) is 0 Å². The third-order valence-corrected chi connectivity index (χ3v) is 3.29. The highest BCUT2D eigenvalue weighted by Gasteiger charge is 2.10. The summed E-state index contributed by atoms with van der Waals surface area (Å²) >= 11 is 11.8. The first-order valence-electron chi connectivity index (χ1n) is 5.89.